The van der Waals surface area contributed by atoms with Crippen LogP contribution in [0.25, 0.3) is 0 Å². The van der Waals surface area contributed by atoms with Crippen molar-refractivity contribution in [1.82, 2.24) is 4.90 Å². The molecule has 0 bridgehead atoms. The van der Waals surface area contributed by atoms with Crippen LogP contribution in [0.3, 0.4) is 0 Å². The second-order valence-corrected chi connectivity index (χ2v) is 5.42. The fourth-order valence-electron chi connectivity index (χ4n) is 2.39. The molecule has 1 atom stereocenters. The van der Waals surface area contributed by atoms with Crippen LogP contribution in [0.1, 0.15) is 22.0 Å². The molecule has 1 aromatic heterocycles. The molecule has 2 heterocycles. The van der Waals surface area contributed by atoms with E-state index in [0.717, 1.165) is 5.56 Å². The Balaban J connectivity index is 1.87. The number of hydrogen-bond acceptors (Lipinski definition) is 3. The number of ether oxygens (including phenoxy) is 1. The molecule has 104 valence electrons. The van der Waals surface area contributed by atoms with Crippen LogP contribution in [-0.4, -0.2) is 30.6 Å². The highest BCUT2D eigenvalue weighted by atomic mass is 79.9. The van der Waals surface area contributed by atoms with Gasteiger partial charge in [-0.15, -0.1) is 0 Å². The van der Waals surface area contributed by atoms with E-state index in [1.165, 1.54) is 6.26 Å². The molecule has 20 heavy (non-hydrogen) atoms. The number of furan rings is 1. The first-order chi connectivity index (χ1) is 9.75. The Morgan fingerprint density at radius 1 is 1.30 bits per heavy atom. The van der Waals surface area contributed by atoms with E-state index < -0.39 is 0 Å². The standard InChI is InChI=1S/C15H14BrNO3/c16-14-8-12(9-20-14)15(18)17-6-7-19-10-13(17)11-4-2-1-3-5-11/h1-5,8-9,13H,6-7,10H2/t13-/m1/s1. The molecule has 5 heteroatoms. The number of hydrogen-bond donors (Lipinski definition) is 0. The van der Waals surface area contributed by atoms with E-state index in [1.807, 2.05) is 35.2 Å². The van der Waals surface area contributed by atoms with Gasteiger partial charge >= 0.3 is 0 Å². The van der Waals surface area contributed by atoms with Gasteiger partial charge in [0.05, 0.1) is 24.8 Å². The summed E-state index contributed by atoms with van der Waals surface area (Å²) in [6, 6.07) is 11.6. The third-order valence-corrected chi connectivity index (χ3v) is 3.80. The fraction of sp³-hybridized carbons (Fsp3) is 0.267. The van der Waals surface area contributed by atoms with Gasteiger partial charge in [-0.2, -0.15) is 0 Å². The minimum atomic E-state index is -0.0499. The van der Waals surface area contributed by atoms with Gasteiger partial charge in [0.2, 0.25) is 0 Å². The van der Waals surface area contributed by atoms with Gasteiger partial charge in [-0.3, -0.25) is 4.79 Å². The molecule has 1 aliphatic heterocycles. The Kier molecular flexibility index (Phi) is 3.89. The largest absolute Gasteiger partial charge is 0.457 e. The molecule has 1 aliphatic rings. The lowest BCUT2D eigenvalue weighted by Gasteiger charge is -2.35. The van der Waals surface area contributed by atoms with Crippen LogP contribution in [-0.2, 0) is 4.74 Å². The van der Waals surface area contributed by atoms with Gasteiger partial charge in [-0.25, -0.2) is 0 Å². The number of rotatable bonds is 2. The van der Waals surface area contributed by atoms with Crippen molar-refractivity contribution >= 4 is 21.8 Å². The van der Waals surface area contributed by atoms with Crippen molar-refractivity contribution < 1.29 is 13.9 Å². The number of carbonyl (C=O) groups excluding carboxylic acids is 1. The lowest BCUT2D eigenvalue weighted by atomic mass is 10.0. The maximum Gasteiger partial charge on any atom is 0.257 e. The van der Waals surface area contributed by atoms with E-state index in [9.17, 15) is 4.79 Å². The topological polar surface area (TPSA) is 42.7 Å². The molecule has 4 nitrogen and oxygen atoms in total. The average molecular weight is 336 g/mol. The van der Waals surface area contributed by atoms with Crippen molar-refractivity contribution in [2.75, 3.05) is 19.8 Å². The quantitative estimate of drug-likeness (QED) is 0.845. The number of carbonyl (C=O) groups is 1. The number of nitrogens with zero attached hydrogens (tertiary/aromatic N) is 1. The molecule has 0 spiro atoms. The van der Waals surface area contributed by atoms with Crippen molar-refractivity contribution in [3.63, 3.8) is 0 Å². The third-order valence-electron chi connectivity index (χ3n) is 3.39. The molecule has 0 aliphatic carbocycles. The molecule has 0 saturated carbocycles. The minimum absolute atomic E-state index is 0.0309. The van der Waals surface area contributed by atoms with E-state index in [1.54, 1.807) is 6.07 Å². The fourth-order valence-corrected chi connectivity index (χ4v) is 2.73. The van der Waals surface area contributed by atoms with Crippen molar-refractivity contribution in [3.05, 3.63) is 58.5 Å². The molecular weight excluding hydrogens is 322 g/mol. The maximum atomic E-state index is 12.6. The predicted molar refractivity (Wildman–Crippen MR) is 77.4 cm³/mol. The van der Waals surface area contributed by atoms with Crippen LogP contribution in [0.15, 0.2) is 51.7 Å². The molecule has 0 radical (unpaired) electrons. The zero-order valence-electron chi connectivity index (χ0n) is 10.8. The number of halogens is 1. The summed E-state index contributed by atoms with van der Waals surface area (Å²) in [4.78, 5) is 14.4. The Morgan fingerprint density at radius 2 is 2.10 bits per heavy atom. The lowest BCUT2D eigenvalue weighted by molar-refractivity contribution is -0.00273. The molecular formula is C15H14BrNO3. The summed E-state index contributed by atoms with van der Waals surface area (Å²) in [5, 5.41) is 0. The van der Waals surface area contributed by atoms with E-state index >= 15 is 0 Å². The van der Waals surface area contributed by atoms with Gasteiger partial charge in [0.1, 0.15) is 6.26 Å². The molecule has 3 rings (SSSR count). The summed E-state index contributed by atoms with van der Waals surface area (Å²) < 4.78 is 11.2. The van der Waals surface area contributed by atoms with E-state index in [0.29, 0.717) is 30.0 Å². The smallest absolute Gasteiger partial charge is 0.257 e. The zero-order valence-corrected chi connectivity index (χ0v) is 12.4. The highest BCUT2D eigenvalue weighted by Crippen LogP contribution is 2.26. The van der Waals surface area contributed by atoms with Crippen molar-refractivity contribution in [2.24, 2.45) is 0 Å². The molecule has 2 aromatic rings. The molecule has 0 unspecified atom stereocenters. The summed E-state index contributed by atoms with van der Waals surface area (Å²) in [6.45, 7) is 1.67. The highest BCUT2D eigenvalue weighted by molar-refractivity contribution is 9.10. The third kappa shape index (κ3) is 2.64. The minimum Gasteiger partial charge on any atom is -0.457 e. The Morgan fingerprint density at radius 3 is 2.80 bits per heavy atom. The van der Waals surface area contributed by atoms with Crippen LogP contribution in [0.5, 0.6) is 0 Å². The Bertz CT molecular complexity index is 596. The first kappa shape index (κ1) is 13.4. The second-order valence-electron chi connectivity index (χ2n) is 4.64. The predicted octanol–water partition coefficient (Wildman–Crippen LogP) is 3.26. The zero-order chi connectivity index (χ0) is 13.9. The number of benzene rings is 1. The number of morpholine rings is 1. The van der Waals surface area contributed by atoms with E-state index in [4.69, 9.17) is 9.15 Å². The Hall–Kier alpha value is -1.59. The number of amides is 1. The van der Waals surface area contributed by atoms with Gasteiger partial charge in [0.15, 0.2) is 4.67 Å². The van der Waals surface area contributed by atoms with Gasteiger partial charge < -0.3 is 14.1 Å². The lowest BCUT2D eigenvalue weighted by Crippen LogP contribution is -2.43. The van der Waals surface area contributed by atoms with Crippen LogP contribution in [0.2, 0.25) is 0 Å². The molecule has 1 amide bonds. The van der Waals surface area contributed by atoms with Crippen LogP contribution < -0.4 is 0 Å². The summed E-state index contributed by atoms with van der Waals surface area (Å²) in [5.74, 6) is -0.0309. The first-order valence-corrected chi connectivity index (χ1v) is 7.22. The first-order valence-electron chi connectivity index (χ1n) is 6.43. The van der Waals surface area contributed by atoms with E-state index in [2.05, 4.69) is 15.9 Å². The Labute approximate surface area is 125 Å². The SMILES string of the molecule is O=C(c1coc(Br)c1)N1CCOC[C@@H]1c1ccccc1. The summed E-state index contributed by atoms with van der Waals surface area (Å²) in [6.07, 6.45) is 1.48. The second kappa shape index (κ2) is 5.81. The van der Waals surface area contributed by atoms with Crippen molar-refractivity contribution in [3.8, 4) is 0 Å². The van der Waals surface area contributed by atoms with Crippen LogP contribution >= 0.6 is 15.9 Å². The van der Waals surface area contributed by atoms with E-state index in [-0.39, 0.29) is 11.9 Å². The summed E-state index contributed by atoms with van der Waals surface area (Å²) in [7, 11) is 0. The molecule has 1 aromatic carbocycles. The van der Waals surface area contributed by atoms with Crippen LogP contribution in [0.4, 0.5) is 0 Å². The summed E-state index contributed by atoms with van der Waals surface area (Å²) in [5.41, 5.74) is 1.64. The summed E-state index contributed by atoms with van der Waals surface area (Å²) >= 11 is 3.22. The molecule has 0 N–H and O–H groups in total. The average Bonchev–Trinajstić information content (AvgIpc) is 2.94. The van der Waals surface area contributed by atoms with Crippen molar-refractivity contribution in [1.29, 1.82) is 0 Å². The molecule has 1 saturated heterocycles. The molecule has 1 fully saturated rings. The van der Waals surface area contributed by atoms with Gasteiger partial charge in [0, 0.05) is 12.6 Å². The highest BCUT2D eigenvalue weighted by Gasteiger charge is 2.29. The monoisotopic (exact) mass is 335 g/mol. The van der Waals surface area contributed by atoms with Gasteiger partial charge in [0.25, 0.3) is 5.91 Å². The van der Waals surface area contributed by atoms with Crippen LogP contribution in [0, 0.1) is 0 Å². The van der Waals surface area contributed by atoms with Crippen molar-refractivity contribution in [2.45, 2.75) is 6.04 Å². The maximum absolute atomic E-state index is 12.6. The van der Waals surface area contributed by atoms with Gasteiger partial charge in [-0.1, -0.05) is 30.3 Å². The van der Waals surface area contributed by atoms with Gasteiger partial charge in [-0.05, 0) is 21.5 Å². The normalized spacial score (nSPS) is 19.1.